The van der Waals surface area contributed by atoms with Crippen LogP contribution in [0.1, 0.15) is 52.4 Å². The van der Waals surface area contributed by atoms with Crippen molar-refractivity contribution in [2.75, 3.05) is 13.2 Å². The van der Waals surface area contributed by atoms with Crippen molar-refractivity contribution in [1.82, 2.24) is 0 Å². The molecule has 120 valence electrons. The average Bonchev–Trinajstić information content (AvgIpc) is 2.44. The summed E-state index contributed by atoms with van der Waals surface area (Å²) in [5.74, 6) is -2.47. The van der Waals surface area contributed by atoms with Gasteiger partial charge in [0.05, 0.1) is 19.6 Å². The Bertz CT molecular complexity index is 349. The lowest BCUT2D eigenvalue weighted by Gasteiger charge is -2.13. The van der Waals surface area contributed by atoms with Crippen LogP contribution in [0.25, 0.3) is 0 Å². The van der Waals surface area contributed by atoms with Crippen molar-refractivity contribution in [2.45, 2.75) is 52.4 Å². The molecule has 21 heavy (non-hydrogen) atoms. The van der Waals surface area contributed by atoms with E-state index in [1.165, 1.54) is 0 Å². The molecule has 0 aliphatic rings. The van der Waals surface area contributed by atoms with Gasteiger partial charge in [0.15, 0.2) is 0 Å². The predicted molar refractivity (Wildman–Crippen MR) is 79.7 cm³/mol. The van der Waals surface area contributed by atoms with E-state index in [0.717, 1.165) is 19.3 Å². The van der Waals surface area contributed by atoms with Crippen LogP contribution in [0, 0.1) is 5.92 Å². The molecule has 0 fully saturated rings. The number of rotatable bonds is 12. The van der Waals surface area contributed by atoms with Crippen molar-refractivity contribution in [3.63, 3.8) is 0 Å². The highest BCUT2D eigenvalue weighted by molar-refractivity contribution is 6.01. The van der Waals surface area contributed by atoms with Crippen molar-refractivity contribution in [3.05, 3.63) is 12.7 Å². The Kier molecular flexibility index (Phi) is 11.2. The van der Waals surface area contributed by atoms with Gasteiger partial charge in [0.2, 0.25) is 0 Å². The second kappa shape index (κ2) is 12.1. The van der Waals surface area contributed by atoms with E-state index in [4.69, 9.17) is 9.47 Å². The lowest BCUT2D eigenvalue weighted by molar-refractivity contribution is -0.158. The largest absolute Gasteiger partial charge is 0.466 e. The van der Waals surface area contributed by atoms with Crippen LogP contribution >= 0.6 is 0 Å². The van der Waals surface area contributed by atoms with E-state index in [0.29, 0.717) is 6.42 Å². The van der Waals surface area contributed by atoms with Gasteiger partial charge in [-0.05, 0) is 33.1 Å². The molecule has 0 N–H and O–H groups in total. The van der Waals surface area contributed by atoms with Gasteiger partial charge < -0.3 is 9.47 Å². The summed E-state index contributed by atoms with van der Waals surface area (Å²) in [5, 5.41) is 0. The van der Waals surface area contributed by atoms with Crippen LogP contribution in [0.2, 0.25) is 0 Å². The highest BCUT2D eigenvalue weighted by Gasteiger charge is 2.30. The Morgan fingerprint density at radius 3 is 2.29 bits per heavy atom. The summed E-state index contributed by atoms with van der Waals surface area (Å²) in [5.41, 5.74) is 0. The van der Waals surface area contributed by atoms with Crippen molar-refractivity contribution >= 4 is 17.7 Å². The van der Waals surface area contributed by atoms with Crippen LogP contribution in [-0.4, -0.2) is 30.9 Å². The molecule has 1 atom stereocenters. The van der Waals surface area contributed by atoms with Gasteiger partial charge in [0.1, 0.15) is 11.7 Å². The minimum Gasteiger partial charge on any atom is -0.466 e. The maximum atomic E-state index is 12.1. The minimum absolute atomic E-state index is 0.185. The molecule has 0 aromatic rings. The van der Waals surface area contributed by atoms with Crippen LogP contribution < -0.4 is 0 Å². The molecule has 5 nitrogen and oxygen atoms in total. The first kappa shape index (κ1) is 19.4. The second-order valence-corrected chi connectivity index (χ2v) is 4.67. The zero-order chi connectivity index (χ0) is 16.1. The van der Waals surface area contributed by atoms with Crippen LogP contribution in [0.5, 0.6) is 0 Å². The summed E-state index contributed by atoms with van der Waals surface area (Å²) in [6.07, 6.45) is 5.36. The van der Waals surface area contributed by atoms with E-state index >= 15 is 0 Å². The van der Waals surface area contributed by atoms with Gasteiger partial charge in [0, 0.05) is 6.42 Å². The summed E-state index contributed by atoms with van der Waals surface area (Å²) in [6, 6.07) is 0. The molecule has 0 spiro atoms. The smallest absolute Gasteiger partial charge is 0.317 e. The van der Waals surface area contributed by atoms with E-state index in [2.05, 4.69) is 6.58 Å². The quantitative estimate of drug-likeness (QED) is 0.240. The normalized spacial score (nSPS) is 11.5. The first-order valence-corrected chi connectivity index (χ1v) is 7.52. The number of hydrogen-bond donors (Lipinski definition) is 0. The zero-order valence-corrected chi connectivity index (χ0v) is 13.1. The molecule has 0 heterocycles. The van der Waals surface area contributed by atoms with Crippen molar-refractivity contribution < 1.29 is 23.9 Å². The fraction of sp³-hybridized carbons (Fsp3) is 0.688. The van der Waals surface area contributed by atoms with Crippen molar-refractivity contribution in [3.8, 4) is 0 Å². The molecule has 0 saturated carbocycles. The number of ketones is 1. The lowest BCUT2D eigenvalue weighted by atomic mass is 9.95. The number of carbonyl (C=O) groups is 3. The van der Waals surface area contributed by atoms with Gasteiger partial charge in [-0.15, -0.1) is 6.58 Å². The van der Waals surface area contributed by atoms with Crippen molar-refractivity contribution in [2.24, 2.45) is 5.92 Å². The van der Waals surface area contributed by atoms with Gasteiger partial charge in [-0.2, -0.15) is 0 Å². The highest BCUT2D eigenvalue weighted by Crippen LogP contribution is 2.14. The molecule has 1 unspecified atom stereocenters. The molecule has 0 bridgehead atoms. The molecular weight excluding hydrogens is 272 g/mol. The molecule has 0 amide bonds. The topological polar surface area (TPSA) is 69.7 Å². The monoisotopic (exact) mass is 298 g/mol. The molecule has 0 aliphatic carbocycles. The SMILES string of the molecule is C=CCCCCCC(=O)C(CC(=O)OCC)C(=O)OCC. The van der Waals surface area contributed by atoms with E-state index in [1.807, 2.05) is 6.08 Å². The number of hydrogen-bond acceptors (Lipinski definition) is 5. The summed E-state index contributed by atoms with van der Waals surface area (Å²) in [7, 11) is 0. The van der Waals surface area contributed by atoms with Crippen LogP contribution in [-0.2, 0) is 23.9 Å². The molecule has 5 heteroatoms. The standard InChI is InChI=1S/C16H26O5/c1-4-7-8-9-10-11-14(17)13(16(19)21-6-3)12-15(18)20-5-2/h4,13H,1,5-12H2,2-3H3. The Labute approximate surface area is 126 Å². The molecule has 0 radical (unpaired) electrons. The maximum Gasteiger partial charge on any atom is 0.317 e. The Hall–Kier alpha value is -1.65. The Morgan fingerprint density at radius 2 is 1.71 bits per heavy atom. The molecule has 0 aromatic heterocycles. The van der Waals surface area contributed by atoms with E-state index < -0.39 is 17.9 Å². The molecule has 0 aliphatic heterocycles. The predicted octanol–water partition coefficient (Wildman–Crippen LogP) is 2.82. The fourth-order valence-corrected chi connectivity index (χ4v) is 1.90. The Morgan fingerprint density at radius 1 is 1.05 bits per heavy atom. The molecular formula is C16H26O5. The third-order valence-corrected chi connectivity index (χ3v) is 2.97. The van der Waals surface area contributed by atoms with Crippen LogP contribution in [0.4, 0.5) is 0 Å². The number of Topliss-reactive ketones (excluding diaryl/α,β-unsaturated/α-hetero) is 1. The minimum atomic E-state index is -1.04. The summed E-state index contributed by atoms with van der Waals surface area (Å²) in [4.78, 5) is 35.4. The van der Waals surface area contributed by atoms with Crippen LogP contribution in [0.15, 0.2) is 12.7 Å². The number of allylic oxidation sites excluding steroid dienone is 1. The van der Waals surface area contributed by atoms with E-state index in [-0.39, 0.29) is 31.8 Å². The highest BCUT2D eigenvalue weighted by atomic mass is 16.5. The molecule has 0 aromatic carbocycles. The van der Waals surface area contributed by atoms with Gasteiger partial charge in [-0.25, -0.2) is 0 Å². The second-order valence-electron chi connectivity index (χ2n) is 4.67. The van der Waals surface area contributed by atoms with Gasteiger partial charge in [-0.3, -0.25) is 14.4 Å². The lowest BCUT2D eigenvalue weighted by Crippen LogP contribution is -2.29. The molecule has 0 rings (SSSR count). The summed E-state index contributed by atoms with van der Waals surface area (Å²) < 4.78 is 9.67. The zero-order valence-electron chi connectivity index (χ0n) is 13.1. The number of carbonyl (C=O) groups excluding carboxylic acids is 3. The summed E-state index contributed by atoms with van der Waals surface area (Å²) in [6.45, 7) is 7.39. The van der Waals surface area contributed by atoms with Crippen LogP contribution in [0.3, 0.4) is 0 Å². The first-order chi connectivity index (χ1) is 10.1. The van der Waals surface area contributed by atoms with Crippen molar-refractivity contribution in [1.29, 1.82) is 0 Å². The fourth-order valence-electron chi connectivity index (χ4n) is 1.90. The van der Waals surface area contributed by atoms with Gasteiger partial charge in [0.25, 0.3) is 0 Å². The third kappa shape index (κ3) is 9.00. The molecule has 0 saturated heterocycles. The average molecular weight is 298 g/mol. The third-order valence-electron chi connectivity index (χ3n) is 2.97. The number of unbranched alkanes of at least 4 members (excludes halogenated alkanes) is 3. The Balaban J connectivity index is 4.41. The van der Waals surface area contributed by atoms with E-state index in [9.17, 15) is 14.4 Å². The van der Waals surface area contributed by atoms with Gasteiger partial charge in [-0.1, -0.05) is 12.5 Å². The van der Waals surface area contributed by atoms with Gasteiger partial charge >= 0.3 is 11.9 Å². The van der Waals surface area contributed by atoms with E-state index in [1.54, 1.807) is 13.8 Å². The maximum absolute atomic E-state index is 12.1. The number of esters is 2. The summed E-state index contributed by atoms with van der Waals surface area (Å²) >= 11 is 0. The number of ether oxygens (including phenoxy) is 2. The first-order valence-electron chi connectivity index (χ1n) is 7.52.